The average molecular weight is 1110 g/mol. The van der Waals surface area contributed by atoms with E-state index >= 15 is 0 Å². The topological polar surface area (TPSA) is 377 Å². The second-order valence-corrected chi connectivity index (χ2v) is 22.1. The van der Waals surface area contributed by atoms with Crippen LogP contribution in [-0.4, -0.2) is 218 Å². The summed E-state index contributed by atoms with van der Waals surface area (Å²) in [5.41, 5.74) is 0. The number of nitrogens with zero attached hydrogens (tertiary/aromatic N) is 1. The zero-order valence-electron chi connectivity index (χ0n) is 42.4. The molecule has 0 aromatic carbocycles. The first-order valence-electron chi connectivity index (χ1n) is 25.5. The van der Waals surface area contributed by atoms with E-state index in [9.17, 15) is 66.1 Å². The molecule has 5 aliphatic rings. The van der Waals surface area contributed by atoms with Gasteiger partial charge in [-0.05, 0) is 57.3 Å². The Balaban J connectivity index is 1.32. The van der Waals surface area contributed by atoms with Gasteiger partial charge in [-0.2, -0.15) is 16.8 Å². The third-order valence-electron chi connectivity index (χ3n) is 14.5. The summed E-state index contributed by atoms with van der Waals surface area (Å²) in [6, 6.07) is -1.28. The summed E-state index contributed by atoms with van der Waals surface area (Å²) >= 11 is 0. The van der Waals surface area contributed by atoms with Gasteiger partial charge in [0, 0.05) is 59.1 Å². The Morgan fingerprint density at radius 1 is 0.797 bits per heavy atom. The van der Waals surface area contributed by atoms with E-state index < -0.39 is 156 Å². The van der Waals surface area contributed by atoms with E-state index in [1.165, 1.54) is 13.8 Å². The van der Waals surface area contributed by atoms with Crippen molar-refractivity contribution >= 4 is 44.2 Å². The molecular formula is C46H78N2O24S2. The molecule has 0 radical (unpaired) electrons. The molecule has 2 aliphatic carbocycles. The molecule has 17 atom stereocenters. The number of carbonyl (C=O) groups excluding carboxylic acids is 4. The Morgan fingerprint density at radius 3 is 2.04 bits per heavy atom. The number of nitrogens with one attached hydrogen (secondary N) is 1. The fraction of sp³-hybridized carbons (Fsp3) is 0.913. The predicted molar refractivity (Wildman–Crippen MR) is 253 cm³/mol. The molecule has 2 saturated carbocycles. The van der Waals surface area contributed by atoms with Crippen LogP contribution in [0.1, 0.15) is 111 Å². The Morgan fingerprint density at radius 2 is 1.46 bits per heavy atom. The SMILES string of the molecule is CCC1CC(C(=O)CCCOCCCC(=O)[C@@H](OS(=O)(=O)O)[C@@H](COC)OS(=O)(=O)O)C[C@@H](O[C@@H]2O[C@@H](CO)[C@H](O)C(O[C@@H](CC3CCCCC3)C(=O)N3CCC3)C2NC(C)=O)[C@@H]1O[C@@H]1OC(C)[C@@H](O)[C@H](O)C1O. The van der Waals surface area contributed by atoms with Crippen LogP contribution in [-0.2, 0) is 81.5 Å². The lowest BCUT2D eigenvalue weighted by Crippen LogP contribution is -2.67. The number of hydrogen-bond acceptors (Lipinski definition) is 22. The van der Waals surface area contributed by atoms with Crippen molar-refractivity contribution in [2.75, 3.05) is 46.6 Å². The number of Topliss-reactive ketones (excluding diaryl/α,β-unsaturated/α-hetero) is 2. The predicted octanol–water partition coefficient (Wildman–Crippen LogP) is -0.703. The number of aliphatic hydroxyl groups excluding tert-OH is 5. The number of carbonyl (C=O) groups is 4. The smallest absolute Gasteiger partial charge is 0.394 e. The first-order valence-corrected chi connectivity index (χ1v) is 28.3. The molecule has 6 unspecified atom stereocenters. The molecule has 0 spiro atoms. The van der Waals surface area contributed by atoms with Gasteiger partial charge in [0.1, 0.15) is 60.7 Å². The number of amides is 2. The number of likely N-dealkylation sites (tertiary alicyclic amines) is 1. The molecule has 2 amide bonds. The molecule has 26 nitrogen and oxygen atoms in total. The molecule has 3 heterocycles. The second kappa shape index (κ2) is 29.0. The van der Waals surface area contributed by atoms with E-state index in [2.05, 4.69) is 13.7 Å². The number of methoxy groups -OCH3 is 1. The van der Waals surface area contributed by atoms with Gasteiger partial charge < -0.3 is 68.9 Å². The Hall–Kier alpha value is -2.46. The maximum Gasteiger partial charge on any atom is 0.398 e. The highest BCUT2D eigenvalue weighted by Crippen LogP contribution is 2.41. The van der Waals surface area contributed by atoms with Crippen LogP contribution in [0.5, 0.6) is 0 Å². The Kier molecular flexibility index (Phi) is 24.4. The van der Waals surface area contributed by atoms with Gasteiger partial charge in [-0.1, -0.05) is 45.4 Å². The first kappa shape index (κ1) is 62.4. The van der Waals surface area contributed by atoms with Crippen molar-refractivity contribution in [3.05, 3.63) is 0 Å². The summed E-state index contributed by atoms with van der Waals surface area (Å²) in [5, 5.41) is 57.3. The standard InChI is InChI=1S/C46H78N2O24S2/c1-5-28-21-29(30(51)14-9-18-65-19-10-15-31(52)42(72-74(61,62)63)35(24-64-4)71-73(58,59)60)22-32(41(28)70-46-40(56)39(55)37(53)25(2)66-46)68-45-36(47-26(3)50)43(38(54)34(23-49)69-45)67-33(44(57)48-16-11-17-48)20-27-12-7-6-8-13-27/h25,27-29,32-43,45-46,49,53-56H,5-24H2,1-4H3,(H,47,50)(H,58,59,60)(H,61,62,63)/t25?,28?,29?,32-,33+,34+,35-,36?,37-,38+,39+,40?,41-,42-,43?,45-,46+/m1/s1. The van der Waals surface area contributed by atoms with E-state index in [1.807, 2.05) is 6.92 Å². The molecule has 0 aromatic rings. The van der Waals surface area contributed by atoms with Crippen LogP contribution in [0.4, 0.5) is 0 Å². The van der Waals surface area contributed by atoms with Gasteiger partial charge in [0.2, 0.25) is 5.91 Å². The van der Waals surface area contributed by atoms with Gasteiger partial charge >= 0.3 is 20.8 Å². The van der Waals surface area contributed by atoms with Gasteiger partial charge in [0.05, 0.1) is 31.5 Å². The van der Waals surface area contributed by atoms with E-state index in [0.29, 0.717) is 25.9 Å². The van der Waals surface area contributed by atoms with Crippen molar-refractivity contribution < 1.29 is 112 Å². The highest BCUT2D eigenvalue weighted by atomic mass is 32.3. The highest BCUT2D eigenvalue weighted by Gasteiger charge is 2.53. The fourth-order valence-corrected chi connectivity index (χ4v) is 11.4. The highest BCUT2D eigenvalue weighted by molar-refractivity contribution is 7.81. The number of rotatable bonds is 29. The Bertz CT molecular complexity index is 2030. The maximum absolute atomic E-state index is 14.1. The lowest BCUT2D eigenvalue weighted by atomic mass is 9.74. The molecular weight excluding hydrogens is 1030 g/mol. The van der Waals surface area contributed by atoms with E-state index in [0.717, 1.165) is 45.6 Å². The summed E-state index contributed by atoms with van der Waals surface area (Å²) in [7, 11) is -9.46. The quantitative estimate of drug-likeness (QED) is 0.0339. The van der Waals surface area contributed by atoms with Crippen molar-refractivity contribution in [3.8, 4) is 0 Å². The molecule has 5 fully saturated rings. The zero-order valence-corrected chi connectivity index (χ0v) is 44.0. The first-order chi connectivity index (χ1) is 34.9. The van der Waals surface area contributed by atoms with Crippen LogP contribution in [0.15, 0.2) is 0 Å². The molecule has 428 valence electrons. The van der Waals surface area contributed by atoms with E-state index in [-0.39, 0.29) is 62.9 Å². The van der Waals surface area contributed by atoms with Crippen molar-refractivity contribution in [1.29, 1.82) is 0 Å². The maximum atomic E-state index is 14.1. The minimum absolute atomic E-state index is 0.00314. The molecule has 0 bridgehead atoms. The van der Waals surface area contributed by atoms with Crippen LogP contribution >= 0.6 is 0 Å². The fourth-order valence-electron chi connectivity index (χ4n) is 10.5. The zero-order chi connectivity index (χ0) is 54.5. The molecule has 0 aromatic heterocycles. The van der Waals surface area contributed by atoms with Gasteiger partial charge in [0.25, 0.3) is 5.91 Å². The van der Waals surface area contributed by atoms with Gasteiger partial charge in [-0.3, -0.25) is 28.3 Å². The van der Waals surface area contributed by atoms with Crippen LogP contribution in [0, 0.1) is 17.8 Å². The minimum atomic E-state index is -5.31. The Labute approximate surface area is 432 Å². The normalized spacial score (nSPS) is 33.5. The summed E-state index contributed by atoms with van der Waals surface area (Å²) in [6.07, 6.45) is -13.8. The molecule has 3 saturated heterocycles. The van der Waals surface area contributed by atoms with Crippen molar-refractivity contribution in [3.63, 3.8) is 0 Å². The molecule has 74 heavy (non-hydrogen) atoms. The minimum Gasteiger partial charge on any atom is -0.394 e. The molecule has 5 rings (SSSR count). The van der Waals surface area contributed by atoms with Crippen LogP contribution in [0.3, 0.4) is 0 Å². The lowest BCUT2D eigenvalue weighted by molar-refractivity contribution is -0.338. The van der Waals surface area contributed by atoms with E-state index in [4.69, 9.17) is 37.7 Å². The van der Waals surface area contributed by atoms with Crippen LogP contribution < -0.4 is 5.32 Å². The summed E-state index contributed by atoms with van der Waals surface area (Å²) in [6.45, 7) is 4.15. The van der Waals surface area contributed by atoms with Gasteiger partial charge in [-0.15, -0.1) is 0 Å². The third-order valence-corrected chi connectivity index (χ3v) is 15.4. The van der Waals surface area contributed by atoms with Crippen molar-refractivity contribution in [1.82, 2.24) is 10.2 Å². The number of ether oxygens (including phenoxy) is 7. The third kappa shape index (κ3) is 18.0. The number of aliphatic hydroxyl groups is 5. The molecule has 28 heteroatoms. The summed E-state index contributed by atoms with van der Waals surface area (Å²) in [5.74, 6) is -3.03. The molecule has 3 aliphatic heterocycles. The number of hydrogen-bond donors (Lipinski definition) is 8. The van der Waals surface area contributed by atoms with Crippen molar-refractivity contribution in [2.45, 2.75) is 203 Å². The van der Waals surface area contributed by atoms with Crippen LogP contribution in [0.25, 0.3) is 0 Å². The molecule has 8 N–H and O–H groups in total. The van der Waals surface area contributed by atoms with Crippen molar-refractivity contribution in [2.24, 2.45) is 17.8 Å². The average Bonchev–Trinajstić information content (AvgIpc) is 3.31. The second-order valence-electron chi connectivity index (χ2n) is 20.0. The monoisotopic (exact) mass is 1110 g/mol. The lowest BCUT2D eigenvalue weighted by Gasteiger charge is -2.49. The van der Waals surface area contributed by atoms with E-state index in [1.54, 1.807) is 4.90 Å². The number of ketones is 2. The summed E-state index contributed by atoms with van der Waals surface area (Å²) in [4.78, 5) is 55.7. The van der Waals surface area contributed by atoms with Crippen LogP contribution in [0.2, 0.25) is 0 Å². The van der Waals surface area contributed by atoms with Gasteiger partial charge in [-0.25, -0.2) is 8.37 Å². The summed E-state index contributed by atoms with van der Waals surface area (Å²) < 4.78 is 115. The van der Waals surface area contributed by atoms with Gasteiger partial charge in [0.15, 0.2) is 24.5 Å². The largest absolute Gasteiger partial charge is 0.398 e.